The van der Waals surface area contributed by atoms with Gasteiger partial charge in [0.1, 0.15) is 23.1 Å². The van der Waals surface area contributed by atoms with Gasteiger partial charge >= 0.3 is 0 Å². The van der Waals surface area contributed by atoms with Gasteiger partial charge in [-0.1, -0.05) is 42.5 Å². The largest absolute Gasteiger partial charge is 0.506 e. The fourth-order valence-electron chi connectivity index (χ4n) is 3.91. The molecular formula is C25H18N2O3. The summed E-state index contributed by atoms with van der Waals surface area (Å²) < 4.78 is 29.1. The molecule has 1 N–H and O–H groups in total. The molecule has 146 valence electrons. The van der Waals surface area contributed by atoms with E-state index in [0.29, 0.717) is 34.2 Å². The van der Waals surface area contributed by atoms with Gasteiger partial charge in [-0.2, -0.15) is 0 Å². The number of hydrogen-bond acceptors (Lipinski definition) is 5. The van der Waals surface area contributed by atoms with Crippen molar-refractivity contribution in [2.75, 3.05) is 0 Å². The Labute approximate surface area is 176 Å². The molecule has 0 unspecified atom stereocenters. The van der Waals surface area contributed by atoms with Crippen molar-refractivity contribution in [3.8, 4) is 17.4 Å². The molecule has 1 aromatic heterocycles. The number of ether oxygens (including phenoxy) is 2. The minimum atomic E-state index is -1.59. The molecule has 1 aliphatic carbocycles. The van der Waals surface area contributed by atoms with Crippen molar-refractivity contribution in [1.82, 2.24) is 4.98 Å². The van der Waals surface area contributed by atoms with Crippen molar-refractivity contribution < 1.29 is 17.3 Å². The molecule has 30 heavy (non-hydrogen) atoms. The molecule has 5 nitrogen and oxygen atoms in total. The molecular weight excluding hydrogens is 376 g/mol. The summed E-state index contributed by atoms with van der Waals surface area (Å²) in [6, 6.07) is 22.9. The lowest BCUT2D eigenvalue weighted by Gasteiger charge is -2.12. The first-order valence-corrected chi connectivity index (χ1v) is 9.71. The molecule has 0 saturated carbocycles. The summed E-state index contributed by atoms with van der Waals surface area (Å²) in [5, 5.41) is 10.9. The minimum absolute atomic E-state index is 0.0940. The fraction of sp³-hybridized carbons (Fsp3) is 0.120. The summed E-state index contributed by atoms with van der Waals surface area (Å²) in [7, 11) is 0. The molecule has 0 bridgehead atoms. The maximum atomic E-state index is 10.1. The van der Waals surface area contributed by atoms with Crippen molar-refractivity contribution in [3.05, 3.63) is 95.6 Å². The van der Waals surface area contributed by atoms with Crippen LogP contribution in [0.25, 0.3) is 10.9 Å². The van der Waals surface area contributed by atoms with Crippen LogP contribution in [0.2, 0.25) is 0 Å². The highest BCUT2D eigenvalue weighted by atomic mass is 16.5. The number of hydrogen-bond donors (Lipinski definition) is 1. The van der Waals surface area contributed by atoms with Crippen molar-refractivity contribution in [2.45, 2.75) is 18.5 Å². The zero-order valence-electron chi connectivity index (χ0n) is 17.8. The summed E-state index contributed by atoms with van der Waals surface area (Å²) in [4.78, 5) is 9.01. The van der Waals surface area contributed by atoms with E-state index in [1.54, 1.807) is 36.4 Å². The van der Waals surface area contributed by atoms with E-state index >= 15 is 0 Å². The highest BCUT2D eigenvalue weighted by Gasteiger charge is 2.39. The number of fused-ring (bicyclic) bond motifs is 4. The lowest BCUT2D eigenvalue weighted by molar-refractivity contribution is 0.209. The van der Waals surface area contributed by atoms with Crippen LogP contribution in [0.15, 0.2) is 83.9 Å². The van der Waals surface area contributed by atoms with E-state index < -0.39 is 18.5 Å². The molecule has 0 amide bonds. The summed E-state index contributed by atoms with van der Waals surface area (Å²) in [6.07, 6.45) is -2.03. The van der Waals surface area contributed by atoms with Gasteiger partial charge in [0.05, 0.1) is 6.04 Å². The fourth-order valence-corrected chi connectivity index (χ4v) is 3.91. The third-order valence-corrected chi connectivity index (χ3v) is 5.33. The number of benzene rings is 3. The van der Waals surface area contributed by atoms with Crippen LogP contribution >= 0.6 is 0 Å². The van der Waals surface area contributed by atoms with E-state index in [1.165, 1.54) is 0 Å². The first-order chi connectivity index (χ1) is 15.5. The first-order valence-electron chi connectivity index (χ1n) is 10.7. The highest BCUT2D eigenvalue weighted by Crippen LogP contribution is 2.41. The molecule has 4 aromatic rings. The number of phenolic OH excluding ortho intramolecular Hbond substituents is 1. The third-order valence-electron chi connectivity index (χ3n) is 5.33. The smallest absolute Gasteiger partial charge is 0.219 e. The molecule has 2 heterocycles. The van der Waals surface area contributed by atoms with Gasteiger partial charge in [-0.3, -0.25) is 0 Å². The molecule has 3 aromatic carbocycles. The normalized spacial score (nSPS) is 21.8. The van der Waals surface area contributed by atoms with Gasteiger partial charge in [-0.15, -0.1) is 0 Å². The topological polar surface area (TPSA) is 63.9 Å². The lowest BCUT2D eigenvalue weighted by Crippen LogP contribution is -2.08. The average Bonchev–Trinajstić information content (AvgIpc) is 3.34. The maximum absolute atomic E-state index is 10.1. The number of aromatic hydroxyl groups is 1. The van der Waals surface area contributed by atoms with Crippen LogP contribution in [0.4, 0.5) is 0 Å². The molecule has 1 aliphatic heterocycles. The Morgan fingerprint density at radius 3 is 2.87 bits per heavy atom. The van der Waals surface area contributed by atoms with E-state index in [9.17, 15) is 5.11 Å². The van der Waals surface area contributed by atoms with Crippen LogP contribution in [-0.4, -0.2) is 22.0 Å². The number of pyridine rings is 1. The zero-order chi connectivity index (χ0) is 21.9. The monoisotopic (exact) mass is 396 g/mol. The summed E-state index contributed by atoms with van der Waals surface area (Å²) in [5.74, 6) is 1.38. The minimum Gasteiger partial charge on any atom is -0.506 e. The van der Waals surface area contributed by atoms with Crippen molar-refractivity contribution in [3.63, 3.8) is 0 Å². The first kappa shape index (κ1) is 15.0. The molecule has 2 atom stereocenters. The summed E-state index contributed by atoms with van der Waals surface area (Å²) >= 11 is 0. The highest BCUT2D eigenvalue weighted by molar-refractivity contribution is 5.96. The third kappa shape index (κ3) is 2.78. The number of nitrogens with zero attached hydrogens (tertiary/aromatic N) is 2. The summed E-state index contributed by atoms with van der Waals surface area (Å²) in [5.41, 5.74) is 2.65. The summed E-state index contributed by atoms with van der Waals surface area (Å²) in [6.45, 7) is 0. The van der Waals surface area contributed by atoms with Crippen molar-refractivity contribution in [1.29, 1.82) is 0 Å². The number of para-hydroxylation sites is 1. The van der Waals surface area contributed by atoms with Crippen LogP contribution < -0.4 is 4.74 Å². The molecule has 6 rings (SSSR count). The van der Waals surface area contributed by atoms with Gasteiger partial charge in [-0.05, 0) is 47.8 Å². The van der Waals surface area contributed by atoms with Gasteiger partial charge in [0.25, 0.3) is 0 Å². The Kier molecular flexibility index (Phi) is 3.31. The van der Waals surface area contributed by atoms with Crippen LogP contribution in [-0.2, 0) is 11.1 Å². The van der Waals surface area contributed by atoms with E-state index in [1.807, 2.05) is 42.5 Å². The molecule has 5 heteroatoms. The Balaban J connectivity index is 1.30. The van der Waals surface area contributed by atoms with Gasteiger partial charge in [0, 0.05) is 19.8 Å². The Morgan fingerprint density at radius 2 is 1.90 bits per heavy atom. The standard InChI is InChI=1S/C25H18N2O3/c28-21-10-4-6-15-11-12-22(27-23(15)21)29-18-8-3-7-17(13-18)25-26-20-14-16-5-1-2-9-19(16)24(20)30-25/h1-13,20,24,28H,14H2/t20-,24-/m0/s1/i14D2. The van der Waals surface area contributed by atoms with Crippen LogP contribution in [0.3, 0.4) is 0 Å². The second-order valence-electron chi connectivity index (χ2n) is 7.28. The number of aliphatic imine (C=N–C) groups is 1. The van der Waals surface area contributed by atoms with E-state index in [4.69, 9.17) is 12.2 Å². The Bertz CT molecular complexity index is 1400. The quantitative estimate of drug-likeness (QED) is 0.519. The van der Waals surface area contributed by atoms with Gasteiger partial charge in [-0.25, -0.2) is 9.98 Å². The predicted molar refractivity (Wildman–Crippen MR) is 114 cm³/mol. The Morgan fingerprint density at radius 1 is 1.00 bits per heavy atom. The van der Waals surface area contributed by atoms with Crippen molar-refractivity contribution in [2.24, 2.45) is 4.99 Å². The molecule has 0 fully saturated rings. The van der Waals surface area contributed by atoms with E-state index in [2.05, 4.69) is 9.98 Å². The van der Waals surface area contributed by atoms with Crippen LogP contribution in [0, 0.1) is 0 Å². The van der Waals surface area contributed by atoms with Gasteiger partial charge in [0.15, 0.2) is 0 Å². The molecule has 0 spiro atoms. The van der Waals surface area contributed by atoms with E-state index in [0.717, 1.165) is 10.9 Å². The Hall–Kier alpha value is -3.86. The second-order valence-corrected chi connectivity index (χ2v) is 7.28. The van der Waals surface area contributed by atoms with Crippen LogP contribution in [0.5, 0.6) is 17.4 Å². The van der Waals surface area contributed by atoms with Gasteiger partial charge < -0.3 is 14.6 Å². The number of phenols is 1. The number of rotatable bonds is 3. The predicted octanol–water partition coefficient (Wildman–Crippen LogP) is 5.18. The lowest BCUT2D eigenvalue weighted by atomic mass is 10.1. The average molecular weight is 396 g/mol. The molecule has 2 aliphatic rings. The van der Waals surface area contributed by atoms with E-state index in [-0.39, 0.29) is 5.75 Å². The van der Waals surface area contributed by atoms with Gasteiger partial charge in [0.2, 0.25) is 11.8 Å². The molecule has 0 saturated heterocycles. The maximum Gasteiger partial charge on any atom is 0.219 e. The molecule has 0 radical (unpaired) electrons. The number of aromatic nitrogens is 1. The van der Waals surface area contributed by atoms with Crippen molar-refractivity contribution >= 4 is 16.8 Å². The SMILES string of the molecule is [2H]C1([2H])c2ccccc2[C@@H]2OC(c3cccc(Oc4ccc5cccc(O)c5n4)c3)=N[C@H]21. The zero-order valence-corrected chi connectivity index (χ0v) is 15.8. The second kappa shape index (κ2) is 6.59. The van der Waals surface area contributed by atoms with Crippen LogP contribution in [0.1, 0.15) is 25.5 Å².